The number of hydrogen-bond donors (Lipinski definition) is 2. The lowest BCUT2D eigenvalue weighted by Crippen LogP contribution is -2.32. The van der Waals surface area contributed by atoms with Gasteiger partial charge in [-0.15, -0.1) is 0 Å². The van der Waals surface area contributed by atoms with E-state index in [9.17, 15) is 4.79 Å². The number of nitrogens with zero attached hydrogens (tertiary/aromatic N) is 2. The van der Waals surface area contributed by atoms with Crippen LogP contribution in [0.5, 0.6) is 5.75 Å². The molecule has 4 rings (SSSR count). The molecule has 138 valence electrons. The van der Waals surface area contributed by atoms with Crippen LogP contribution in [0.2, 0.25) is 0 Å². The zero-order valence-electron chi connectivity index (χ0n) is 15.2. The minimum atomic E-state index is -0.0340. The number of rotatable bonds is 5. The monoisotopic (exact) mass is 364 g/mol. The molecule has 0 saturated heterocycles. The van der Waals surface area contributed by atoms with Crippen molar-refractivity contribution in [3.05, 3.63) is 59.0 Å². The van der Waals surface area contributed by atoms with Crippen molar-refractivity contribution in [2.24, 2.45) is 0 Å². The quantitative estimate of drug-likeness (QED) is 0.724. The molecule has 0 spiro atoms. The normalized spacial score (nSPS) is 13.0. The van der Waals surface area contributed by atoms with Gasteiger partial charge in [0.25, 0.3) is 5.91 Å². The Labute approximate surface area is 156 Å². The van der Waals surface area contributed by atoms with Gasteiger partial charge < -0.3 is 19.9 Å². The summed E-state index contributed by atoms with van der Waals surface area (Å²) in [5, 5.41) is 10.2. The molecule has 2 N–H and O–H groups in total. The predicted molar refractivity (Wildman–Crippen MR) is 101 cm³/mol. The zero-order valence-corrected chi connectivity index (χ0v) is 15.2. The number of aryl methyl sites for hydroxylation is 1. The summed E-state index contributed by atoms with van der Waals surface area (Å²) in [5.41, 5.74) is 4.53. The number of fused-ring (bicyclic) bond motifs is 1. The standard InChI is InChI=1S/C20H20N4O3/c1-12-6-7-13(10-17(12)26-2)19-23-18(27-24-19)11-22-16-5-3-4-15-14(16)8-9-21-20(15)25/h3-7,10,22H,8-9,11H2,1-2H3,(H,21,25). The molecule has 3 aromatic rings. The molecular formula is C20H20N4O3. The van der Waals surface area contributed by atoms with Gasteiger partial charge in [-0.2, -0.15) is 4.98 Å². The fourth-order valence-corrected chi connectivity index (χ4v) is 3.20. The summed E-state index contributed by atoms with van der Waals surface area (Å²) in [6, 6.07) is 11.5. The minimum absolute atomic E-state index is 0.0340. The van der Waals surface area contributed by atoms with E-state index in [4.69, 9.17) is 9.26 Å². The first-order valence-electron chi connectivity index (χ1n) is 8.77. The summed E-state index contributed by atoms with van der Waals surface area (Å²) in [6.45, 7) is 3.01. The fourth-order valence-electron chi connectivity index (χ4n) is 3.20. The second kappa shape index (κ2) is 7.11. The van der Waals surface area contributed by atoms with Crippen LogP contribution in [-0.4, -0.2) is 29.7 Å². The van der Waals surface area contributed by atoms with Crippen LogP contribution in [0.1, 0.15) is 27.4 Å². The van der Waals surface area contributed by atoms with Gasteiger partial charge in [0.1, 0.15) is 5.75 Å². The number of carbonyl (C=O) groups excluding carboxylic acids is 1. The molecule has 7 nitrogen and oxygen atoms in total. The Morgan fingerprint density at radius 2 is 2.19 bits per heavy atom. The molecule has 1 aliphatic heterocycles. The van der Waals surface area contributed by atoms with Crippen molar-refractivity contribution < 1.29 is 14.1 Å². The number of anilines is 1. The van der Waals surface area contributed by atoms with Crippen molar-refractivity contribution in [1.29, 1.82) is 0 Å². The number of benzene rings is 2. The van der Waals surface area contributed by atoms with Gasteiger partial charge in [0, 0.05) is 23.4 Å². The van der Waals surface area contributed by atoms with E-state index >= 15 is 0 Å². The average Bonchev–Trinajstić information content (AvgIpc) is 3.16. The number of carbonyl (C=O) groups is 1. The van der Waals surface area contributed by atoms with Crippen molar-refractivity contribution in [3.63, 3.8) is 0 Å². The minimum Gasteiger partial charge on any atom is -0.496 e. The van der Waals surface area contributed by atoms with E-state index < -0.39 is 0 Å². The van der Waals surface area contributed by atoms with E-state index in [0.29, 0.717) is 30.4 Å². The summed E-state index contributed by atoms with van der Waals surface area (Å²) in [4.78, 5) is 16.4. The van der Waals surface area contributed by atoms with E-state index in [-0.39, 0.29) is 5.91 Å². The third-order valence-corrected chi connectivity index (χ3v) is 4.65. The summed E-state index contributed by atoms with van der Waals surface area (Å²) in [5.74, 6) is 1.74. The Balaban J connectivity index is 1.51. The highest BCUT2D eigenvalue weighted by Crippen LogP contribution is 2.26. The number of amides is 1. The molecule has 0 atom stereocenters. The highest BCUT2D eigenvalue weighted by atomic mass is 16.5. The Kier molecular flexibility index (Phi) is 4.50. The fraction of sp³-hybridized carbons (Fsp3) is 0.250. The molecule has 27 heavy (non-hydrogen) atoms. The Morgan fingerprint density at radius 1 is 1.30 bits per heavy atom. The molecule has 0 unspecified atom stereocenters. The van der Waals surface area contributed by atoms with Crippen LogP contribution in [0.25, 0.3) is 11.4 Å². The van der Waals surface area contributed by atoms with Crippen LogP contribution >= 0.6 is 0 Å². The first-order valence-corrected chi connectivity index (χ1v) is 8.77. The highest BCUT2D eigenvalue weighted by Gasteiger charge is 2.19. The molecule has 0 radical (unpaired) electrons. The molecular weight excluding hydrogens is 344 g/mol. The molecule has 0 bridgehead atoms. The maximum absolute atomic E-state index is 12.0. The molecule has 2 heterocycles. The molecule has 0 saturated carbocycles. The third kappa shape index (κ3) is 3.36. The molecule has 0 fully saturated rings. The number of ether oxygens (including phenoxy) is 1. The van der Waals surface area contributed by atoms with Crippen LogP contribution in [0.4, 0.5) is 5.69 Å². The van der Waals surface area contributed by atoms with Gasteiger partial charge in [-0.05, 0) is 42.7 Å². The molecule has 0 aliphatic carbocycles. The van der Waals surface area contributed by atoms with Crippen LogP contribution in [-0.2, 0) is 13.0 Å². The smallest absolute Gasteiger partial charge is 0.251 e. The summed E-state index contributed by atoms with van der Waals surface area (Å²) >= 11 is 0. The van der Waals surface area contributed by atoms with Crippen LogP contribution in [0, 0.1) is 6.92 Å². The van der Waals surface area contributed by atoms with Gasteiger partial charge >= 0.3 is 0 Å². The SMILES string of the molecule is COc1cc(-c2noc(CNc3cccc4c3CCNC4=O)n2)ccc1C. The number of nitrogens with one attached hydrogen (secondary N) is 2. The van der Waals surface area contributed by atoms with Crippen LogP contribution < -0.4 is 15.4 Å². The van der Waals surface area contributed by atoms with Crippen molar-refractivity contribution >= 4 is 11.6 Å². The Morgan fingerprint density at radius 3 is 3.04 bits per heavy atom. The summed E-state index contributed by atoms with van der Waals surface area (Å²) < 4.78 is 10.7. The largest absolute Gasteiger partial charge is 0.496 e. The van der Waals surface area contributed by atoms with Gasteiger partial charge in [0.05, 0.1) is 13.7 Å². The topological polar surface area (TPSA) is 89.3 Å². The number of hydrogen-bond acceptors (Lipinski definition) is 6. The van der Waals surface area contributed by atoms with E-state index in [0.717, 1.165) is 34.5 Å². The number of methoxy groups -OCH3 is 1. The Hall–Kier alpha value is -3.35. The maximum atomic E-state index is 12.0. The predicted octanol–water partition coefficient (Wildman–Crippen LogP) is 2.95. The van der Waals surface area contributed by atoms with E-state index in [2.05, 4.69) is 20.8 Å². The first kappa shape index (κ1) is 17.1. The molecule has 7 heteroatoms. The lowest BCUT2D eigenvalue weighted by Gasteiger charge is -2.19. The van der Waals surface area contributed by atoms with Crippen molar-refractivity contribution in [2.45, 2.75) is 19.9 Å². The second-order valence-corrected chi connectivity index (χ2v) is 6.39. The Bertz CT molecular complexity index is 997. The molecule has 1 amide bonds. The third-order valence-electron chi connectivity index (χ3n) is 4.65. The lowest BCUT2D eigenvalue weighted by atomic mass is 9.98. The maximum Gasteiger partial charge on any atom is 0.251 e. The lowest BCUT2D eigenvalue weighted by molar-refractivity contribution is 0.0946. The van der Waals surface area contributed by atoms with Crippen LogP contribution in [0.15, 0.2) is 40.9 Å². The van der Waals surface area contributed by atoms with Crippen LogP contribution in [0.3, 0.4) is 0 Å². The van der Waals surface area contributed by atoms with Gasteiger partial charge in [-0.3, -0.25) is 4.79 Å². The average molecular weight is 364 g/mol. The number of aromatic nitrogens is 2. The summed E-state index contributed by atoms with van der Waals surface area (Å²) in [6.07, 6.45) is 0.794. The van der Waals surface area contributed by atoms with E-state index in [1.54, 1.807) is 7.11 Å². The van der Waals surface area contributed by atoms with Gasteiger partial charge in [0.15, 0.2) is 0 Å². The second-order valence-electron chi connectivity index (χ2n) is 6.39. The molecule has 2 aromatic carbocycles. The van der Waals surface area contributed by atoms with Crippen molar-refractivity contribution in [1.82, 2.24) is 15.5 Å². The molecule has 1 aromatic heterocycles. The van der Waals surface area contributed by atoms with Gasteiger partial charge in [0.2, 0.25) is 11.7 Å². The van der Waals surface area contributed by atoms with E-state index in [1.165, 1.54) is 0 Å². The summed E-state index contributed by atoms with van der Waals surface area (Å²) in [7, 11) is 1.64. The molecule has 1 aliphatic rings. The van der Waals surface area contributed by atoms with Crippen molar-refractivity contribution in [3.8, 4) is 17.1 Å². The highest BCUT2D eigenvalue weighted by molar-refractivity contribution is 5.98. The van der Waals surface area contributed by atoms with Gasteiger partial charge in [-0.25, -0.2) is 0 Å². The van der Waals surface area contributed by atoms with Gasteiger partial charge in [-0.1, -0.05) is 23.4 Å². The van der Waals surface area contributed by atoms with Crippen molar-refractivity contribution in [2.75, 3.05) is 19.0 Å². The van der Waals surface area contributed by atoms with E-state index in [1.807, 2.05) is 43.3 Å². The zero-order chi connectivity index (χ0) is 18.8. The first-order chi connectivity index (χ1) is 13.2.